The Bertz CT molecular complexity index is 974. The molecule has 0 spiro atoms. The standard InChI is InChI=1S/C18H16F6N4O2S/c1-28(2)5-4-12-13(15(29)30)14(27-16(26-12)31-3)25-11-7-9(17(19,20)21)6-10(8-11)18(22,23)24/h4-8H,1-3H3,(H,29,30)(H,25,26,27)/b5-4+. The number of carbonyl (C=O) groups is 1. The topological polar surface area (TPSA) is 78.4 Å². The minimum absolute atomic E-state index is 0.0260. The number of aromatic nitrogens is 2. The third-order valence-corrected chi connectivity index (χ3v) is 4.24. The number of halogens is 6. The van der Waals surface area contributed by atoms with Crippen LogP contribution in [0.25, 0.3) is 6.08 Å². The van der Waals surface area contributed by atoms with E-state index in [0.717, 1.165) is 11.8 Å². The molecule has 0 bridgehead atoms. The Morgan fingerprint density at radius 3 is 2.03 bits per heavy atom. The molecule has 168 valence electrons. The maximum absolute atomic E-state index is 13.1. The number of rotatable bonds is 6. The van der Waals surface area contributed by atoms with Gasteiger partial charge in [-0.15, -0.1) is 0 Å². The molecule has 1 heterocycles. The fraction of sp³-hybridized carbons (Fsp3) is 0.278. The van der Waals surface area contributed by atoms with Crippen molar-refractivity contribution in [2.75, 3.05) is 25.7 Å². The Kier molecular flexibility index (Phi) is 7.09. The third-order valence-electron chi connectivity index (χ3n) is 3.69. The van der Waals surface area contributed by atoms with Crippen LogP contribution in [0.1, 0.15) is 27.2 Å². The van der Waals surface area contributed by atoms with Gasteiger partial charge >= 0.3 is 18.3 Å². The average molecular weight is 466 g/mol. The van der Waals surface area contributed by atoms with E-state index < -0.39 is 46.5 Å². The summed E-state index contributed by atoms with van der Waals surface area (Å²) in [7, 11) is 3.32. The normalized spacial score (nSPS) is 12.3. The monoisotopic (exact) mass is 466 g/mol. The van der Waals surface area contributed by atoms with E-state index in [0.29, 0.717) is 12.1 Å². The molecule has 6 nitrogen and oxygen atoms in total. The summed E-state index contributed by atoms with van der Waals surface area (Å²) in [4.78, 5) is 21.4. The fourth-order valence-corrected chi connectivity index (χ4v) is 2.73. The molecule has 2 rings (SSSR count). The molecular weight excluding hydrogens is 450 g/mol. The Hall–Kier alpha value is -2.96. The van der Waals surface area contributed by atoms with Crippen molar-refractivity contribution in [1.82, 2.24) is 14.9 Å². The van der Waals surface area contributed by atoms with Crippen molar-refractivity contribution in [3.05, 3.63) is 46.8 Å². The molecule has 1 aromatic heterocycles. The highest BCUT2D eigenvalue weighted by Crippen LogP contribution is 2.38. The van der Waals surface area contributed by atoms with Crippen LogP contribution in [0.4, 0.5) is 37.8 Å². The lowest BCUT2D eigenvalue weighted by Crippen LogP contribution is -2.14. The first-order valence-corrected chi connectivity index (χ1v) is 9.55. The van der Waals surface area contributed by atoms with Gasteiger partial charge in [-0.3, -0.25) is 0 Å². The van der Waals surface area contributed by atoms with Crippen LogP contribution in [0.5, 0.6) is 0 Å². The molecule has 0 aliphatic heterocycles. The first kappa shape index (κ1) is 24.3. The average Bonchev–Trinajstić information content (AvgIpc) is 2.63. The SMILES string of the molecule is CSc1nc(/C=C/N(C)C)c(C(=O)O)c(Nc2cc(C(F)(F)F)cc(C(F)(F)F)c2)n1. The first-order valence-electron chi connectivity index (χ1n) is 8.33. The second kappa shape index (κ2) is 9.04. The van der Waals surface area contributed by atoms with Gasteiger partial charge in [0.2, 0.25) is 0 Å². The van der Waals surface area contributed by atoms with E-state index in [-0.39, 0.29) is 16.9 Å². The smallest absolute Gasteiger partial charge is 0.416 e. The van der Waals surface area contributed by atoms with Crippen LogP contribution in [0, 0.1) is 0 Å². The molecule has 0 atom stereocenters. The Balaban J connectivity index is 2.69. The number of alkyl halides is 6. The first-order chi connectivity index (χ1) is 14.2. The number of nitrogens with zero attached hydrogens (tertiary/aromatic N) is 3. The van der Waals surface area contributed by atoms with E-state index in [2.05, 4.69) is 15.3 Å². The molecule has 0 aliphatic carbocycles. The third kappa shape index (κ3) is 6.26. The van der Waals surface area contributed by atoms with Crippen LogP contribution in [-0.2, 0) is 12.4 Å². The van der Waals surface area contributed by atoms with Crippen LogP contribution >= 0.6 is 11.8 Å². The quantitative estimate of drug-likeness (QED) is 0.344. The molecule has 0 radical (unpaired) electrons. The zero-order valence-corrected chi connectivity index (χ0v) is 17.1. The number of anilines is 2. The van der Waals surface area contributed by atoms with Gasteiger partial charge in [0.1, 0.15) is 11.4 Å². The minimum Gasteiger partial charge on any atom is -0.477 e. The molecular formula is C18H16F6N4O2S. The minimum atomic E-state index is -5.05. The highest BCUT2D eigenvalue weighted by Gasteiger charge is 2.37. The van der Waals surface area contributed by atoms with Crippen molar-refractivity contribution in [1.29, 1.82) is 0 Å². The van der Waals surface area contributed by atoms with Crippen LogP contribution in [0.3, 0.4) is 0 Å². The largest absolute Gasteiger partial charge is 0.477 e. The Labute approximate surface area is 177 Å². The summed E-state index contributed by atoms with van der Waals surface area (Å²) in [6, 6.07) is 0.857. The zero-order valence-electron chi connectivity index (χ0n) is 16.3. The second-order valence-electron chi connectivity index (χ2n) is 6.32. The number of thioether (sulfide) groups is 1. The van der Waals surface area contributed by atoms with E-state index in [1.807, 2.05) is 0 Å². The Morgan fingerprint density at radius 2 is 1.61 bits per heavy atom. The number of nitrogens with one attached hydrogen (secondary N) is 1. The summed E-state index contributed by atoms with van der Waals surface area (Å²) in [5.41, 5.74) is -4.31. The molecule has 2 aromatic rings. The van der Waals surface area contributed by atoms with Crippen molar-refractivity contribution >= 4 is 35.3 Å². The molecule has 0 saturated carbocycles. The summed E-state index contributed by atoms with van der Waals surface area (Å²) >= 11 is 1.01. The molecule has 0 aliphatic rings. The van der Waals surface area contributed by atoms with E-state index in [9.17, 15) is 36.2 Å². The van der Waals surface area contributed by atoms with Gasteiger partial charge in [-0.1, -0.05) is 11.8 Å². The van der Waals surface area contributed by atoms with Crippen LogP contribution in [-0.4, -0.2) is 46.3 Å². The molecule has 31 heavy (non-hydrogen) atoms. The predicted octanol–water partition coefficient (Wildman–Crippen LogP) is 5.21. The van der Waals surface area contributed by atoms with E-state index in [1.165, 1.54) is 12.3 Å². The number of aromatic carboxylic acids is 1. The summed E-state index contributed by atoms with van der Waals surface area (Å²) in [5.74, 6) is -1.96. The van der Waals surface area contributed by atoms with E-state index in [4.69, 9.17) is 0 Å². The maximum atomic E-state index is 13.1. The highest BCUT2D eigenvalue weighted by atomic mass is 32.2. The van der Waals surface area contributed by atoms with Crippen LogP contribution < -0.4 is 5.32 Å². The lowest BCUT2D eigenvalue weighted by Gasteiger charge is -2.16. The number of benzene rings is 1. The van der Waals surface area contributed by atoms with Crippen molar-refractivity contribution in [2.24, 2.45) is 0 Å². The Morgan fingerprint density at radius 1 is 1.06 bits per heavy atom. The molecule has 0 saturated heterocycles. The predicted molar refractivity (Wildman–Crippen MR) is 103 cm³/mol. The van der Waals surface area contributed by atoms with Crippen molar-refractivity contribution in [2.45, 2.75) is 17.5 Å². The lowest BCUT2D eigenvalue weighted by molar-refractivity contribution is -0.143. The molecule has 13 heteroatoms. The van der Waals surface area contributed by atoms with Gasteiger partial charge in [-0.05, 0) is 30.5 Å². The molecule has 0 unspecified atom stereocenters. The molecule has 1 aromatic carbocycles. The second-order valence-corrected chi connectivity index (χ2v) is 7.10. The lowest BCUT2D eigenvalue weighted by atomic mass is 10.1. The van der Waals surface area contributed by atoms with Crippen molar-refractivity contribution < 1.29 is 36.2 Å². The summed E-state index contributed by atoms with van der Waals surface area (Å²) < 4.78 is 78.7. The number of hydrogen-bond donors (Lipinski definition) is 2. The van der Waals surface area contributed by atoms with Gasteiger partial charge in [0.15, 0.2) is 5.16 Å². The highest BCUT2D eigenvalue weighted by molar-refractivity contribution is 7.98. The van der Waals surface area contributed by atoms with Gasteiger partial charge in [0.25, 0.3) is 0 Å². The number of carboxylic acids is 1. The fourth-order valence-electron chi connectivity index (χ4n) is 2.35. The molecule has 0 fully saturated rings. The van der Waals surface area contributed by atoms with Crippen molar-refractivity contribution in [3.63, 3.8) is 0 Å². The van der Waals surface area contributed by atoms with E-state index >= 15 is 0 Å². The summed E-state index contributed by atoms with van der Waals surface area (Å²) in [6.45, 7) is 0. The molecule has 2 N–H and O–H groups in total. The van der Waals surface area contributed by atoms with Gasteiger partial charge in [0.05, 0.1) is 16.8 Å². The van der Waals surface area contributed by atoms with Crippen molar-refractivity contribution in [3.8, 4) is 0 Å². The van der Waals surface area contributed by atoms with E-state index in [1.54, 1.807) is 25.3 Å². The van der Waals surface area contributed by atoms with Crippen LogP contribution in [0.2, 0.25) is 0 Å². The number of carboxylic acid groups (broad SMARTS) is 1. The van der Waals surface area contributed by atoms with Gasteiger partial charge in [0, 0.05) is 26.0 Å². The molecule has 0 amide bonds. The maximum Gasteiger partial charge on any atom is 0.416 e. The van der Waals surface area contributed by atoms with Crippen LogP contribution in [0.15, 0.2) is 29.6 Å². The summed E-state index contributed by atoms with van der Waals surface area (Å²) in [6.07, 6.45) is -5.71. The zero-order chi connectivity index (χ0) is 23.6. The number of hydrogen-bond acceptors (Lipinski definition) is 6. The van der Waals surface area contributed by atoms with Gasteiger partial charge < -0.3 is 15.3 Å². The summed E-state index contributed by atoms with van der Waals surface area (Å²) in [5, 5.41) is 11.9. The van der Waals surface area contributed by atoms with Gasteiger partial charge in [-0.25, -0.2) is 14.8 Å². The van der Waals surface area contributed by atoms with Gasteiger partial charge in [-0.2, -0.15) is 26.3 Å².